The molecule has 2 heterocycles. The van der Waals surface area contributed by atoms with Crippen LogP contribution in [0.4, 0.5) is 14.6 Å². The quantitative estimate of drug-likeness (QED) is 0.526. The van der Waals surface area contributed by atoms with Crippen LogP contribution >= 0.6 is 12.6 Å². The molecular weight excluding hydrogens is 336 g/mol. The monoisotopic (exact) mass is 351 g/mol. The number of aromatic nitrogens is 2. The molecule has 0 aliphatic carbocycles. The number of hydrogen-bond acceptors (Lipinski definition) is 7. The minimum atomic E-state index is -3.78. The van der Waals surface area contributed by atoms with Crippen molar-refractivity contribution in [2.24, 2.45) is 0 Å². The van der Waals surface area contributed by atoms with Crippen LogP contribution in [-0.4, -0.2) is 56.2 Å². The van der Waals surface area contributed by atoms with Crippen molar-refractivity contribution < 1.29 is 28.5 Å². The molecule has 3 N–H and O–H groups in total. The smallest absolute Gasteiger partial charge is 0.351 e. The van der Waals surface area contributed by atoms with Gasteiger partial charge in [0.1, 0.15) is 11.9 Å². The summed E-state index contributed by atoms with van der Waals surface area (Å²) >= 11 is 3.88. The fourth-order valence-electron chi connectivity index (χ4n) is 2.09. The van der Waals surface area contributed by atoms with Gasteiger partial charge in [0.15, 0.2) is 6.10 Å². The summed E-state index contributed by atoms with van der Waals surface area (Å²) < 4.78 is 33.3. The number of amides is 1. The van der Waals surface area contributed by atoms with Gasteiger partial charge in [-0.1, -0.05) is 0 Å². The van der Waals surface area contributed by atoms with E-state index in [4.69, 9.17) is 9.84 Å². The van der Waals surface area contributed by atoms with Crippen LogP contribution in [0.2, 0.25) is 0 Å². The van der Waals surface area contributed by atoms with E-state index in [1.54, 1.807) is 0 Å². The number of carbonyl (C=O) groups is 1. The Bertz CT molecular complexity index is 641. The minimum absolute atomic E-state index is 0.0985. The zero-order chi connectivity index (χ0) is 17.2. The highest BCUT2D eigenvalue weighted by Gasteiger charge is 2.59. The molecule has 1 aliphatic heterocycles. The molecular formula is C12H15F2N3O5S. The van der Waals surface area contributed by atoms with Crippen molar-refractivity contribution in [3.63, 3.8) is 0 Å². The van der Waals surface area contributed by atoms with Gasteiger partial charge in [-0.2, -0.15) is 26.4 Å². The molecule has 11 heteroatoms. The van der Waals surface area contributed by atoms with E-state index >= 15 is 0 Å². The standard InChI is InChI=1S/C12H15F2N3O5S/c13-12(14)9(20)6(5-18)22-10(12)17-3-1-7(16-11(17)21)15-8(19)2-4-23/h1,3,6,9-10,18,20,23H,2,4-5H2,(H,15,16,19,21)/t6-,9-,10-/m1/s1. The predicted molar refractivity (Wildman–Crippen MR) is 77.5 cm³/mol. The first-order valence-electron chi connectivity index (χ1n) is 6.63. The number of ether oxygens (including phenoxy) is 1. The van der Waals surface area contributed by atoms with Gasteiger partial charge in [0.05, 0.1) is 6.61 Å². The van der Waals surface area contributed by atoms with Crippen molar-refractivity contribution in [3.8, 4) is 0 Å². The lowest BCUT2D eigenvalue weighted by Crippen LogP contribution is -2.41. The molecule has 1 aromatic heterocycles. The molecule has 1 amide bonds. The largest absolute Gasteiger partial charge is 0.394 e. The summed E-state index contributed by atoms with van der Waals surface area (Å²) in [7, 11) is 0. The number of nitrogens with one attached hydrogen (secondary N) is 1. The first kappa shape index (κ1) is 17.8. The number of nitrogens with zero attached hydrogens (tertiary/aromatic N) is 2. The van der Waals surface area contributed by atoms with E-state index in [2.05, 4.69) is 22.9 Å². The Labute approximate surface area is 134 Å². The van der Waals surface area contributed by atoms with E-state index < -0.39 is 42.6 Å². The molecule has 8 nitrogen and oxygen atoms in total. The summed E-state index contributed by atoms with van der Waals surface area (Å²) in [6.07, 6.45) is -4.80. The maximum atomic E-state index is 14.0. The van der Waals surface area contributed by atoms with Crippen molar-refractivity contribution in [2.45, 2.75) is 30.8 Å². The van der Waals surface area contributed by atoms with Crippen molar-refractivity contribution >= 4 is 24.4 Å². The first-order valence-corrected chi connectivity index (χ1v) is 7.26. The Morgan fingerprint density at radius 1 is 1.57 bits per heavy atom. The molecule has 3 atom stereocenters. The Hall–Kier alpha value is -1.56. The number of halogens is 2. The van der Waals surface area contributed by atoms with Gasteiger partial charge in [-0.15, -0.1) is 0 Å². The fourth-order valence-corrected chi connectivity index (χ4v) is 2.29. The SMILES string of the molecule is O=C(CCS)Nc1ccn([C@@H]2O[C@H](CO)[C@@H](O)C2(F)F)c(=O)n1. The molecule has 128 valence electrons. The molecule has 1 fully saturated rings. The second kappa shape index (κ2) is 6.91. The van der Waals surface area contributed by atoms with Gasteiger partial charge in [0, 0.05) is 12.6 Å². The van der Waals surface area contributed by atoms with Gasteiger partial charge in [-0.3, -0.25) is 9.36 Å². The lowest BCUT2D eigenvalue weighted by Gasteiger charge is -2.21. The molecule has 0 aromatic carbocycles. The maximum absolute atomic E-state index is 14.0. The van der Waals surface area contributed by atoms with Crippen LogP contribution in [0, 0.1) is 0 Å². The molecule has 23 heavy (non-hydrogen) atoms. The summed E-state index contributed by atoms with van der Waals surface area (Å²) in [5, 5.41) is 20.7. The minimum Gasteiger partial charge on any atom is -0.394 e. The van der Waals surface area contributed by atoms with E-state index in [-0.39, 0.29) is 12.2 Å². The third-order valence-corrected chi connectivity index (χ3v) is 3.47. The van der Waals surface area contributed by atoms with Crippen molar-refractivity contribution in [2.75, 3.05) is 17.7 Å². The molecule has 0 radical (unpaired) electrons. The number of aliphatic hydroxyl groups is 2. The van der Waals surface area contributed by atoms with Crippen molar-refractivity contribution in [1.29, 1.82) is 0 Å². The summed E-state index contributed by atoms with van der Waals surface area (Å²) in [5.41, 5.74) is -1.09. The van der Waals surface area contributed by atoms with Gasteiger partial charge < -0.3 is 20.3 Å². The lowest BCUT2D eigenvalue weighted by atomic mass is 10.1. The van der Waals surface area contributed by atoms with E-state index in [1.165, 1.54) is 0 Å². The van der Waals surface area contributed by atoms with Gasteiger partial charge in [0.2, 0.25) is 12.1 Å². The number of alkyl halides is 2. The molecule has 1 saturated heterocycles. The summed E-state index contributed by atoms with van der Waals surface area (Å²) in [6, 6.07) is 1.15. The number of aliphatic hydroxyl groups excluding tert-OH is 2. The van der Waals surface area contributed by atoms with Crippen molar-refractivity contribution in [3.05, 3.63) is 22.7 Å². The summed E-state index contributed by atoms with van der Waals surface area (Å²) in [4.78, 5) is 26.7. The highest BCUT2D eigenvalue weighted by Crippen LogP contribution is 2.41. The van der Waals surface area contributed by atoms with Crippen molar-refractivity contribution in [1.82, 2.24) is 9.55 Å². The van der Waals surface area contributed by atoms with Gasteiger partial charge in [-0.05, 0) is 11.8 Å². The second-order valence-electron chi connectivity index (χ2n) is 4.85. The van der Waals surface area contributed by atoms with E-state index in [0.29, 0.717) is 10.3 Å². The maximum Gasteiger partial charge on any atom is 0.351 e. The summed E-state index contributed by atoms with van der Waals surface area (Å²) in [5.74, 6) is -4.01. The van der Waals surface area contributed by atoms with Crippen LogP contribution < -0.4 is 11.0 Å². The van der Waals surface area contributed by atoms with Crippen LogP contribution in [-0.2, 0) is 9.53 Å². The molecule has 0 bridgehead atoms. The zero-order valence-corrected chi connectivity index (χ0v) is 12.6. The van der Waals surface area contributed by atoms with Crippen LogP contribution in [0.15, 0.2) is 17.1 Å². The normalized spacial score (nSPS) is 26.2. The second-order valence-corrected chi connectivity index (χ2v) is 5.30. The van der Waals surface area contributed by atoms with Gasteiger partial charge in [0.25, 0.3) is 0 Å². The molecule has 2 rings (SSSR count). The highest BCUT2D eigenvalue weighted by atomic mass is 32.1. The average Bonchev–Trinajstić information content (AvgIpc) is 2.70. The van der Waals surface area contributed by atoms with Crippen LogP contribution in [0.3, 0.4) is 0 Å². The van der Waals surface area contributed by atoms with E-state index in [1.807, 2.05) is 0 Å². The van der Waals surface area contributed by atoms with Gasteiger partial charge >= 0.3 is 11.6 Å². The Kier molecular flexibility index (Phi) is 5.34. The predicted octanol–water partition coefficient (Wildman–Crippen LogP) is -0.612. The third kappa shape index (κ3) is 3.52. The molecule has 0 spiro atoms. The zero-order valence-electron chi connectivity index (χ0n) is 11.7. The van der Waals surface area contributed by atoms with Crippen LogP contribution in [0.25, 0.3) is 0 Å². The Morgan fingerprint density at radius 3 is 2.78 bits per heavy atom. The number of anilines is 1. The topological polar surface area (TPSA) is 114 Å². The Balaban J connectivity index is 2.24. The Morgan fingerprint density at radius 2 is 2.26 bits per heavy atom. The van der Waals surface area contributed by atoms with E-state index in [0.717, 1.165) is 12.3 Å². The molecule has 0 unspecified atom stereocenters. The van der Waals surface area contributed by atoms with Crippen LogP contribution in [0.5, 0.6) is 0 Å². The number of thiol groups is 1. The number of rotatable bonds is 5. The summed E-state index contributed by atoms with van der Waals surface area (Å²) in [6.45, 7) is -0.826. The first-order chi connectivity index (χ1) is 10.8. The number of hydrogen-bond donors (Lipinski definition) is 4. The average molecular weight is 351 g/mol. The molecule has 1 aliphatic rings. The number of carbonyl (C=O) groups excluding carboxylic acids is 1. The molecule has 1 aromatic rings. The third-order valence-electron chi connectivity index (χ3n) is 3.25. The highest BCUT2D eigenvalue weighted by molar-refractivity contribution is 7.80. The lowest BCUT2D eigenvalue weighted by molar-refractivity contribution is -0.141. The molecule has 0 saturated carbocycles. The van der Waals surface area contributed by atoms with Gasteiger partial charge in [-0.25, -0.2) is 4.79 Å². The fraction of sp³-hybridized carbons (Fsp3) is 0.583. The van der Waals surface area contributed by atoms with Crippen LogP contribution in [0.1, 0.15) is 12.6 Å². The van der Waals surface area contributed by atoms with E-state index in [9.17, 15) is 23.5 Å².